The van der Waals surface area contributed by atoms with Crippen LogP contribution in [0.4, 0.5) is 5.69 Å². The van der Waals surface area contributed by atoms with Gasteiger partial charge in [-0.15, -0.1) is 0 Å². The minimum absolute atomic E-state index is 0.148. The molecule has 0 fully saturated rings. The second kappa shape index (κ2) is 5.40. The van der Waals surface area contributed by atoms with E-state index in [9.17, 15) is 9.59 Å². The lowest BCUT2D eigenvalue weighted by Crippen LogP contribution is -2.12. The van der Waals surface area contributed by atoms with Gasteiger partial charge in [0, 0.05) is 17.2 Å². The first kappa shape index (κ1) is 13.4. The molecule has 21 heavy (non-hydrogen) atoms. The maximum absolute atomic E-state index is 12.3. The number of methoxy groups -OCH3 is 1. The Bertz CT molecular complexity index is 709. The van der Waals surface area contributed by atoms with E-state index in [1.807, 2.05) is 42.5 Å². The van der Waals surface area contributed by atoms with E-state index in [2.05, 4.69) is 5.32 Å². The fourth-order valence-electron chi connectivity index (χ4n) is 2.75. The van der Waals surface area contributed by atoms with E-state index in [-0.39, 0.29) is 24.2 Å². The number of esters is 1. The molecule has 1 atom stereocenters. The van der Waals surface area contributed by atoms with Crippen LogP contribution < -0.4 is 5.32 Å². The van der Waals surface area contributed by atoms with Crippen LogP contribution in [0, 0.1) is 0 Å². The number of anilines is 1. The van der Waals surface area contributed by atoms with Gasteiger partial charge in [-0.1, -0.05) is 36.4 Å². The highest BCUT2D eigenvalue weighted by molar-refractivity contribution is 6.07. The van der Waals surface area contributed by atoms with E-state index in [0.29, 0.717) is 5.56 Å². The van der Waals surface area contributed by atoms with Crippen molar-refractivity contribution in [1.82, 2.24) is 0 Å². The highest BCUT2D eigenvalue weighted by Gasteiger charge is 2.28. The van der Waals surface area contributed by atoms with Crippen molar-refractivity contribution in [3.05, 3.63) is 65.2 Å². The molecular formula is C17H15NO3. The molecule has 3 rings (SSSR count). The molecule has 1 N–H and O–H groups in total. The van der Waals surface area contributed by atoms with Gasteiger partial charge in [-0.25, -0.2) is 0 Å². The van der Waals surface area contributed by atoms with Gasteiger partial charge in [-0.05, 0) is 23.3 Å². The van der Waals surface area contributed by atoms with E-state index >= 15 is 0 Å². The molecule has 1 aliphatic rings. The van der Waals surface area contributed by atoms with Crippen molar-refractivity contribution in [2.24, 2.45) is 0 Å². The number of carbonyl (C=O) groups is 2. The molecule has 1 heterocycles. The minimum Gasteiger partial charge on any atom is -0.469 e. The van der Waals surface area contributed by atoms with Crippen LogP contribution in [-0.4, -0.2) is 19.0 Å². The normalized spacial score (nSPS) is 16.2. The van der Waals surface area contributed by atoms with Crippen LogP contribution in [0.2, 0.25) is 0 Å². The zero-order valence-electron chi connectivity index (χ0n) is 11.6. The number of hydrogen-bond donors (Lipinski definition) is 1. The van der Waals surface area contributed by atoms with Gasteiger partial charge < -0.3 is 10.1 Å². The zero-order chi connectivity index (χ0) is 14.8. The number of carbonyl (C=O) groups excluding carboxylic acids is 2. The van der Waals surface area contributed by atoms with E-state index in [0.717, 1.165) is 16.8 Å². The molecule has 106 valence electrons. The Labute approximate surface area is 122 Å². The van der Waals surface area contributed by atoms with Gasteiger partial charge in [0.15, 0.2) is 0 Å². The number of amides is 1. The van der Waals surface area contributed by atoms with E-state index in [1.54, 1.807) is 6.07 Å². The van der Waals surface area contributed by atoms with Gasteiger partial charge in [-0.2, -0.15) is 0 Å². The second-order valence-corrected chi connectivity index (χ2v) is 4.96. The summed E-state index contributed by atoms with van der Waals surface area (Å²) in [5, 5.41) is 2.91. The molecule has 0 saturated heterocycles. The maximum Gasteiger partial charge on any atom is 0.306 e. The van der Waals surface area contributed by atoms with E-state index in [4.69, 9.17) is 4.74 Å². The molecule has 1 aliphatic heterocycles. The lowest BCUT2D eigenvalue weighted by atomic mass is 9.86. The van der Waals surface area contributed by atoms with Gasteiger partial charge in [0.25, 0.3) is 5.91 Å². The Balaban J connectivity index is 2.18. The summed E-state index contributed by atoms with van der Waals surface area (Å²) in [6.07, 6.45) is 0.208. The molecule has 2 aromatic rings. The number of nitrogens with one attached hydrogen (secondary N) is 1. The van der Waals surface area contributed by atoms with Crippen molar-refractivity contribution in [1.29, 1.82) is 0 Å². The first-order chi connectivity index (χ1) is 10.2. The van der Waals surface area contributed by atoms with Crippen LogP contribution in [-0.2, 0) is 9.53 Å². The van der Waals surface area contributed by atoms with Crippen molar-refractivity contribution in [3.63, 3.8) is 0 Å². The predicted octanol–water partition coefficient (Wildman–Crippen LogP) is 2.95. The van der Waals surface area contributed by atoms with Gasteiger partial charge in [0.05, 0.1) is 13.5 Å². The molecule has 0 aromatic heterocycles. The molecule has 4 heteroatoms. The SMILES string of the molecule is COC(=O)CC1c2ccccc2NC(=O)c2ccccc21. The van der Waals surface area contributed by atoms with Gasteiger partial charge in [-0.3, -0.25) is 9.59 Å². The highest BCUT2D eigenvalue weighted by atomic mass is 16.5. The highest BCUT2D eigenvalue weighted by Crippen LogP contribution is 2.37. The molecule has 4 nitrogen and oxygen atoms in total. The summed E-state index contributed by atoms with van der Waals surface area (Å²) in [5.74, 6) is -0.631. The van der Waals surface area contributed by atoms with Gasteiger partial charge in [0.2, 0.25) is 0 Å². The van der Waals surface area contributed by atoms with E-state index < -0.39 is 0 Å². The largest absolute Gasteiger partial charge is 0.469 e. The topological polar surface area (TPSA) is 55.4 Å². The van der Waals surface area contributed by atoms with Crippen LogP contribution in [0.1, 0.15) is 33.8 Å². The standard InChI is InChI=1S/C17H15NO3/c1-21-16(19)10-14-11-6-2-3-8-13(11)17(20)18-15-9-5-4-7-12(14)15/h2-9,14H,10H2,1H3,(H,18,20). The third-order valence-corrected chi connectivity index (χ3v) is 3.76. The summed E-state index contributed by atoms with van der Waals surface area (Å²) in [5.41, 5.74) is 3.13. The Kier molecular flexibility index (Phi) is 3.44. The predicted molar refractivity (Wildman–Crippen MR) is 79.3 cm³/mol. The minimum atomic E-state index is -0.293. The summed E-state index contributed by atoms with van der Waals surface area (Å²) < 4.78 is 4.81. The fraction of sp³-hybridized carbons (Fsp3) is 0.176. The summed E-state index contributed by atoms with van der Waals surface area (Å²) >= 11 is 0. The molecule has 0 spiro atoms. The van der Waals surface area contributed by atoms with Crippen molar-refractivity contribution in [3.8, 4) is 0 Å². The molecule has 2 aromatic carbocycles. The van der Waals surface area contributed by atoms with Crippen molar-refractivity contribution < 1.29 is 14.3 Å². The Hall–Kier alpha value is -2.62. The maximum atomic E-state index is 12.3. The molecule has 1 amide bonds. The second-order valence-electron chi connectivity index (χ2n) is 4.96. The molecule has 0 radical (unpaired) electrons. The third kappa shape index (κ3) is 2.40. The Morgan fingerprint density at radius 1 is 1.10 bits per heavy atom. The lowest BCUT2D eigenvalue weighted by molar-refractivity contribution is -0.140. The number of rotatable bonds is 2. The van der Waals surface area contributed by atoms with Gasteiger partial charge >= 0.3 is 5.97 Å². The Morgan fingerprint density at radius 3 is 2.52 bits per heavy atom. The monoisotopic (exact) mass is 281 g/mol. The smallest absolute Gasteiger partial charge is 0.306 e. The van der Waals surface area contributed by atoms with Crippen LogP contribution in [0.3, 0.4) is 0 Å². The summed E-state index contributed by atoms with van der Waals surface area (Å²) in [7, 11) is 1.38. The number of benzene rings is 2. The zero-order valence-corrected chi connectivity index (χ0v) is 11.6. The first-order valence-corrected chi connectivity index (χ1v) is 6.76. The van der Waals surface area contributed by atoms with Crippen LogP contribution in [0.25, 0.3) is 0 Å². The van der Waals surface area contributed by atoms with Crippen LogP contribution in [0.15, 0.2) is 48.5 Å². The molecule has 0 aliphatic carbocycles. The van der Waals surface area contributed by atoms with Crippen LogP contribution >= 0.6 is 0 Å². The van der Waals surface area contributed by atoms with Gasteiger partial charge in [0.1, 0.15) is 0 Å². The third-order valence-electron chi connectivity index (χ3n) is 3.76. The lowest BCUT2D eigenvalue weighted by Gasteiger charge is -2.18. The average molecular weight is 281 g/mol. The number of hydrogen-bond acceptors (Lipinski definition) is 3. The summed E-state index contributed by atoms with van der Waals surface area (Å²) in [6.45, 7) is 0. The molecule has 0 bridgehead atoms. The summed E-state index contributed by atoms with van der Waals surface area (Å²) in [4.78, 5) is 24.1. The van der Waals surface area contributed by atoms with Crippen molar-refractivity contribution >= 4 is 17.6 Å². The molecular weight excluding hydrogens is 266 g/mol. The molecule has 1 unspecified atom stereocenters. The Morgan fingerprint density at radius 2 is 1.76 bits per heavy atom. The van der Waals surface area contributed by atoms with Crippen molar-refractivity contribution in [2.75, 3.05) is 12.4 Å². The molecule has 0 saturated carbocycles. The summed E-state index contributed by atoms with van der Waals surface area (Å²) in [6, 6.07) is 14.9. The number of para-hydroxylation sites is 1. The average Bonchev–Trinajstić information content (AvgIpc) is 2.63. The number of ether oxygens (including phenoxy) is 1. The number of fused-ring (bicyclic) bond motifs is 2. The van der Waals surface area contributed by atoms with E-state index in [1.165, 1.54) is 7.11 Å². The van der Waals surface area contributed by atoms with Crippen molar-refractivity contribution in [2.45, 2.75) is 12.3 Å². The fourth-order valence-corrected chi connectivity index (χ4v) is 2.75. The van der Waals surface area contributed by atoms with Crippen LogP contribution in [0.5, 0.6) is 0 Å². The quantitative estimate of drug-likeness (QED) is 0.861. The first-order valence-electron chi connectivity index (χ1n) is 6.76.